The monoisotopic (exact) mass is 342 g/mol. The van der Waals surface area contributed by atoms with Crippen LogP contribution in [-0.4, -0.2) is 19.0 Å². The summed E-state index contributed by atoms with van der Waals surface area (Å²) in [7, 11) is 0. The summed E-state index contributed by atoms with van der Waals surface area (Å²) in [4.78, 5) is 0. The molecule has 0 bridgehead atoms. The first-order chi connectivity index (χ1) is 12.0. The van der Waals surface area contributed by atoms with Crippen LogP contribution in [0.2, 0.25) is 0 Å². The van der Waals surface area contributed by atoms with Gasteiger partial charge in [0.1, 0.15) is 0 Å². The Kier molecular flexibility index (Phi) is 3.61. The van der Waals surface area contributed by atoms with Gasteiger partial charge in [-0.2, -0.15) is 0 Å². The number of hydrogen-bond donors (Lipinski definition) is 0. The quantitative estimate of drug-likeness (QED) is 0.530. The predicted octanol–water partition coefficient (Wildman–Crippen LogP) is 5.64. The van der Waals surface area contributed by atoms with Gasteiger partial charge in [0, 0.05) is 12.8 Å². The first kappa shape index (κ1) is 16.6. The van der Waals surface area contributed by atoms with Crippen LogP contribution in [0.3, 0.4) is 0 Å². The first-order valence-electron chi connectivity index (χ1n) is 10.6. The summed E-state index contributed by atoms with van der Waals surface area (Å²) in [5.41, 5.74) is 4.30. The average molecular weight is 343 g/mol. The third-order valence-corrected chi connectivity index (χ3v) is 9.12. The Morgan fingerprint density at radius 3 is 2.52 bits per heavy atom. The van der Waals surface area contributed by atoms with Crippen molar-refractivity contribution in [2.45, 2.75) is 77.9 Å². The molecule has 2 heteroatoms. The number of fused-ring (bicyclic) bond motifs is 5. The molecule has 2 nitrogen and oxygen atoms in total. The molecule has 0 N–H and O–H groups in total. The Balaban J connectivity index is 1.46. The molecule has 25 heavy (non-hydrogen) atoms. The van der Waals surface area contributed by atoms with E-state index in [9.17, 15) is 0 Å². The first-order valence-corrected chi connectivity index (χ1v) is 10.6. The lowest BCUT2D eigenvalue weighted by Crippen LogP contribution is -2.51. The van der Waals surface area contributed by atoms with Crippen molar-refractivity contribution in [1.82, 2.24) is 0 Å². The van der Waals surface area contributed by atoms with E-state index in [-0.39, 0.29) is 5.79 Å². The topological polar surface area (TPSA) is 18.5 Å². The maximum atomic E-state index is 6.05. The molecule has 3 unspecified atom stereocenters. The molecule has 0 radical (unpaired) electrons. The van der Waals surface area contributed by atoms with Crippen LogP contribution in [0.5, 0.6) is 0 Å². The zero-order chi connectivity index (χ0) is 17.3. The minimum absolute atomic E-state index is 0.271. The van der Waals surface area contributed by atoms with Crippen molar-refractivity contribution >= 4 is 0 Å². The molecule has 1 spiro atoms. The molecule has 5 rings (SSSR count). The molecule has 1 aliphatic heterocycles. The summed E-state index contributed by atoms with van der Waals surface area (Å²) >= 11 is 0. The minimum atomic E-state index is -0.271. The molecule has 4 aliphatic carbocycles. The minimum Gasteiger partial charge on any atom is -0.347 e. The van der Waals surface area contributed by atoms with Crippen molar-refractivity contribution in [3.63, 3.8) is 0 Å². The van der Waals surface area contributed by atoms with Gasteiger partial charge in [0.05, 0.1) is 13.2 Å². The van der Waals surface area contributed by atoms with Gasteiger partial charge in [-0.1, -0.05) is 37.1 Å². The van der Waals surface area contributed by atoms with Gasteiger partial charge in [-0.3, -0.25) is 0 Å². The van der Waals surface area contributed by atoms with Gasteiger partial charge in [-0.25, -0.2) is 0 Å². The fraction of sp³-hybridized carbons (Fsp3) is 0.826. The highest BCUT2D eigenvalue weighted by Crippen LogP contribution is 2.66. The summed E-state index contributed by atoms with van der Waals surface area (Å²) in [6.45, 7) is 8.97. The fourth-order valence-corrected chi connectivity index (χ4v) is 7.67. The standard InChI is InChI=1S/C23H34O2/c1-4-16-6-8-19-18-7-5-17-15-23(24-13-14-25-23)12-11-22(17,3)20(18)9-10-21(16,19)2/h4-5,18-20H,6-15H2,1-3H3/b16-4+/t18?,19?,20?,21-,22+/m0/s1. The number of hydrogen-bond acceptors (Lipinski definition) is 2. The molecule has 0 aromatic rings. The smallest absolute Gasteiger partial charge is 0.172 e. The largest absolute Gasteiger partial charge is 0.347 e. The number of allylic oxidation sites excluding steroid dienone is 3. The van der Waals surface area contributed by atoms with E-state index in [1.807, 2.05) is 0 Å². The van der Waals surface area contributed by atoms with Crippen molar-refractivity contribution in [3.05, 3.63) is 23.3 Å². The molecule has 5 atom stereocenters. The number of rotatable bonds is 0. The molecule has 0 aromatic carbocycles. The Hall–Kier alpha value is -0.600. The highest BCUT2D eigenvalue weighted by molar-refractivity contribution is 5.29. The molecule has 4 fully saturated rings. The lowest BCUT2D eigenvalue weighted by molar-refractivity contribution is -0.184. The van der Waals surface area contributed by atoms with Crippen molar-refractivity contribution < 1.29 is 9.47 Å². The Labute approximate surface area is 153 Å². The highest BCUT2D eigenvalue weighted by Gasteiger charge is 2.59. The molecule has 0 aromatic heterocycles. The van der Waals surface area contributed by atoms with Gasteiger partial charge >= 0.3 is 0 Å². The summed E-state index contributed by atoms with van der Waals surface area (Å²) in [6, 6.07) is 0. The van der Waals surface area contributed by atoms with E-state index in [1.165, 1.54) is 38.5 Å². The fourth-order valence-electron chi connectivity index (χ4n) is 7.67. The summed E-state index contributed by atoms with van der Waals surface area (Å²) in [5, 5.41) is 0. The zero-order valence-corrected chi connectivity index (χ0v) is 16.3. The lowest BCUT2D eigenvalue weighted by atomic mass is 9.47. The van der Waals surface area contributed by atoms with Crippen molar-refractivity contribution in [3.8, 4) is 0 Å². The van der Waals surface area contributed by atoms with Crippen LogP contribution in [0, 0.1) is 28.6 Å². The van der Waals surface area contributed by atoms with Crippen LogP contribution in [0.25, 0.3) is 0 Å². The van der Waals surface area contributed by atoms with Crippen LogP contribution >= 0.6 is 0 Å². The van der Waals surface area contributed by atoms with Crippen molar-refractivity contribution in [2.24, 2.45) is 28.6 Å². The number of ether oxygens (including phenoxy) is 2. The summed E-state index contributed by atoms with van der Waals surface area (Å²) in [5.74, 6) is 2.40. The Morgan fingerprint density at radius 1 is 1.00 bits per heavy atom. The Morgan fingerprint density at radius 2 is 1.76 bits per heavy atom. The molecule has 0 amide bonds. The molecule has 3 saturated carbocycles. The van der Waals surface area contributed by atoms with Crippen molar-refractivity contribution in [2.75, 3.05) is 13.2 Å². The second-order valence-electron chi connectivity index (χ2n) is 9.85. The second kappa shape index (κ2) is 5.45. The molecule has 1 saturated heterocycles. The van der Waals surface area contributed by atoms with Crippen LogP contribution in [-0.2, 0) is 9.47 Å². The van der Waals surface area contributed by atoms with E-state index < -0.39 is 0 Å². The summed E-state index contributed by atoms with van der Waals surface area (Å²) in [6.07, 6.45) is 15.3. The van der Waals surface area contributed by atoms with Crippen molar-refractivity contribution in [1.29, 1.82) is 0 Å². The van der Waals surface area contributed by atoms with E-state index in [4.69, 9.17) is 9.47 Å². The van der Waals surface area contributed by atoms with E-state index in [2.05, 4.69) is 32.9 Å². The van der Waals surface area contributed by atoms with E-state index in [0.717, 1.165) is 43.8 Å². The van der Waals surface area contributed by atoms with Gasteiger partial charge in [0.2, 0.25) is 0 Å². The van der Waals surface area contributed by atoms with E-state index >= 15 is 0 Å². The van der Waals surface area contributed by atoms with Gasteiger partial charge in [0.25, 0.3) is 0 Å². The van der Waals surface area contributed by atoms with Crippen LogP contribution in [0.1, 0.15) is 72.1 Å². The molecule has 1 heterocycles. The maximum Gasteiger partial charge on any atom is 0.172 e. The van der Waals surface area contributed by atoms with Crippen LogP contribution < -0.4 is 0 Å². The van der Waals surface area contributed by atoms with Gasteiger partial charge in [-0.15, -0.1) is 0 Å². The predicted molar refractivity (Wildman–Crippen MR) is 100 cm³/mol. The molecule has 138 valence electrons. The van der Waals surface area contributed by atoms with Gasteiger partial charge in [0.15, 0.2) is 5.79 Å². The third kappa shape index (κ3) is 2.16. The van der Waals surface area contributed by atoms with Gasteiger partial charge in [-0.05, 0) is 74.0 Å². The zero-order valence-electron chi connectivity index (χ0n) is 16.3. The average Bonchev–Trinajstić information content (AvgIpc) is 3.19. The second-order valence-corrected chi connectivity index (χ2v) is 9.85. The SMILES string of the molecule is C/C=C1\CCC2C3CC=C4CC5(CC[C@@]4(C)C3CC[C@@]12C)OCCO5. The molecular weight excluding hydrogens is 308 g/mol. The third-order valence-electron chi connectivity index (χ3n) is 9.12. The summed E-state index contributed by atoms with van der Waals surface area (Å²) < 4.78 is 12.1. The van der Waals surface area contributed by atoms with E-state index in [1.54, 1.807) is 11.1 Å². The van der Waals surface area contributed by atoms with Crippen LogP contribution in [0.4, 0.5) is 0 Å². The van der Waals surface area contributed by atoms with Gasteiger partial charge < -0.3 is 9.47 Å². The normalized spacial score (nSPS) is 49.6. The Bertz CT molecular complexity index is 626. The maximum absolute atomic E-state index is 6.05. The lowest BCUT2D eigenvalue weighted by Gasteiger charge is -2.58. The molecule has 5 aliphatic rings. The molecular formula is C23H34O2. The van der Waals surface area contributed by atoms with Crippen LogP contribution in [0.15, 0.2) is 23.3 Å². The highest BCUT2D eigenvalue weighted by atomic mass is 16.7. The van der Waals surface area contributed by atoms with E-state index in [0.29, 0.717) is 10.8 Å².